The largest absolute Gasteiger partial charge is 0.327 e. The van der Waals surface area contributed by atoms with Crippen molar-refractivity contribution in [3.05, 3.63) is 52.9 Å². The number of halogens is 1. The van der Waals surface area contributed by atoms with Gasteiger partial charge in [-0.25, -0.2) is 4.68 Å². The number of rotatable bonds is 1. The summed E-state index contributed by atoms with van der Waals surface area (Å²) in [6.07, 6.45) is 6.76. The van der Waals surface area contributed by atoms with Crippen molar-refractivity contribution < 1.29 is 0 Å². The Labute approximate surface area is 127 Å². The predicted molar refractivity (Wildman–Crippen MR) is 83.9 cm³/mol. The number of aryl methyl sites for hydroxylation is 1. The number of aromatic nitrogens is 3. The summed E-state index contributed by atoms with van der Waals surface area (Å²) in [4.78, 5) is 4.38. The van der Waals surface area contributed by atoms with Crippen LogP contribution in [0.15, 0.2) is 36.7 Å². The molecule has 0 fully saturated rings. The van der Waals surface area contributed by atoms with Crippen LogP contribution in [0.1, 0.15) is 17.7 Å². The van der Waals surface area contributed by atoms with Crippen molar-refractivity contribution in [3.8, 4) is 5.69 Å². The summed E-state index contributed by atoms with van der Waals surface area (Å²) in [5.74, 6) is 0. The molecule has 0 saturated heterocycles. The molecule has 3 aromatic rings. The maximum Gasteiger partial charge on any atom is 0.0755 e. The van der Waals surface area contributed by atoms with Crippen LogP contribution in [0.3, 0.4) is 0 Å². The minimum absolute atomic E-state index is 0.253. The zero-order chi connectivity index (χ0) is 14.4. The molecule has 21 heavy (non-hydrogen) atoms. The van der Waals surface area contributed by atoms with Crippen LogP contribution >= 0.6 is 11.6 Å². The normalized spacial score (nSPS) is 17.9. The third-order valence-electron chi connectivity index (χ3n) is 4.04. The van der Waals surface area contributed by atoms with E-state index in [4.69, 9.17) is 22.4 Å². The van der Waals surface area contributed by atoms with Gasteiger partial charge in [0, 0.05) is 28.8 Å². The Morgan fingerprint density at radius 3 is 3.10 bits per heavy atom. The van der Waals surface area contributed by atoms with Crippen molar-refractivity contribution in [1.82, 2.24) is 14.8 Å². The average molecular weight is 299 g/mol. The van der Waals surface area contributed by atoms with E-state index in [1.807, 2.05) is 28.9 Å². The van der Waals surface area contributed by atoms with Gasteiger partial charge in [-0.2, -0.15) is 5.10 Å². The lowest BCUT2D eigenvalue weighted by molar-refractivity contribution is 0.570. The quantitative estimate of drug-likeness (QED) is 0.751. The average Bonchev–Trinajstić information content (AvgIpc) is 2.89. The third-order valence-corrected chi connectivity index (χ3v) is 4.27. The highest BCUT2D eigenvalue weighted by atomic mass is 35.5. The summed E-state index contributed by atoms with van der Waals surface area (Å²) >= 11 is 6.04. The van der Waals surface area contributed by atoms with Crippen LogP contribution in [-0.4, -0.2) is 20.8 Å². The van der Waals surface area contributed by atoms with Gasteiger partial charge in [0.25, 0.3) is 0 Å². The summed E-state index contributed by atoms with van der Waals surface area (Å²) in [7, 11) is 0. The topological polar surface area (TPSA) is 56.7 Å². The van der Waals surface area contributed by atoms with E-state index in [0.717, 1.165) is 41.5 Å². The van der Waals surface area contributed by atoms with E-state index < -0.39 is 0 Å². The van der Waals surface area contributed by atoms with E-state index in [-0.39, 0.29) is 6.04 Å². The minimum atomic E-state index is 0.253. The van der Waals surface area contributed by atoms with Gasteiger partial charge in [-0.1, -0.05) is 11.6 Å². The van der Waals surface area contributed by atoms with Crippen molar-refractivity contribution >= 4 is 22.5 Å². The lowest BCUT2D eigenvalue weighted by atomic mass is 9.94. The van der Waals surface area contributed by atoms with E-state index in [1.165, 1.54) is 5.56 Å². The maximum atomic E-state index is 6.04. The monoisotopic (exact) mass is 298 g/mol. The molecule has 1 aromatic carbocycles. The Kier molecular flexibility index (Phi) is 2.94. The predicted octanol–water partition coefficient (Wildman–Crippen LogP) is 2.89. The lowest BCUT2D eigenvalue weighted by Crippen LogP contribution is -2.27. The van der Waals surface area contributed by atoms with Crippen LogP contribution in [0.4, 0.5) is 0 Å². The molecule has 1 aliphatic carbocycles. The Bertz CT molecular complexity index is 824. The van der Waals surface area contributed by atoms with E-state index in [2.05, 4.69) is 11.2 Å². The van der Waals surface area contributed by atoms with Crippen LogP contribution in [0.2, 0.25) is 5.02 Å². The summed E-state index contributed by atoms with van der Waals surface area (Å²) < 4.78 is 1.95. The van der Waals surface area contributed by atoms with Crippen molar-refractivity contribution in [2.75, 3.05) is 0 Å². The second kappa shape index (κ2) is 4.83. The molecule has 1 aliphatic rings. The molecule has 4 nitrogen and oxygen atoms in total. The van der Waals surface area contributed by atoms with Crippen molar-refractivity contribution in [2.45, 2.75) is 25.3 Å². The van der Waals surface area contributed by atoms with Crippen LogP contribution < -0.4 is 5.73 Å². The second-order valence-electron chi connectivity index (χ2n) is 5.54. The number of nitrogens with two attached hydrogens (primary N) is 1. The fourth-order valence-corrected chi connectivity index (χ4v) is 3.13. The van der Waals surface area contributed by atoms with Gasteiger partial charge in [-0.3, -0.25) is 4.98 Å². The molecule has 0 bridgehead atoms. The summed E-state index contributed by atoms with van der Waals surface area (Å²) in [6.45, 7) is 0. The fourth-order valence-electron chi connectivity index (χ4n) is 2.96. The molecule has 2 N–H and O–H groups in total. The summed E-state index contributed by atoms with van der Waals surface area (Å²) in [5.41, 5.74) is 10.4. The fraction of sp³-hybridized carbons (Fsp3) is 0.250. The molecule has 2 aromatic heterocycles. The number of benzene rings is 1. The highest BCUT2D eigenvalue weighted by molar-refractivity contribution is 6.31. The third kappa shape index (κ3) is 2.20. The van der Waals surface area contributed by atoms with Crippen LogP contribution in [0.25, 0.3) is 16.6 Å². The Morgan fingerprint density at radius 1 is 1.29 bits per heavy atom. The smallest absolute Gasteiger partial charge is 0.0755 e. The highest BCUT2D eigenvalue weighted by Crippen LogP contribution is 2.26. The molecule has 106 valence electrons. The van der Waals surface area contributed by atoms with Gasteiger partial charge in [-0.15, -0.1) is 0 Å². The Balaban J connectivity index is 1.87. The molecular weight excluding hydrogens is 284 g/mol. The van der Waals surface area contributed by atoms with E-state index in [0.29, 0.717) is 5.02 Å². The van der Waals surface area contributed by atoms with Crippen molar-refractivity contribution in [3.63, 3.8) is 0 Å². The minimum Gasteiger partial charge on any atom is -0.327 e. The van der Waals surface area contributed by atoms with E-state index >= 15 is 0 Å². The molecule has 0 radical (unpaired) electrons. The first-order valence-electron chi connectivity index (χ1n) is 7.08. The zero-order valence-corrected chi connectivity index (χ0v) is 12.2. The first-order chi connectivity index (χ1) is 10.2. The number of fused-ring (bicyclic) bond motifs is 2. The van der Waals surface area contributed by atoms with Crippen LogP contribution in [-0.2, 0) is 12.8 Å². The van der Waals surface area contributed by atoms with Gasteiger partial charge in [-0.05, 0) is 49.1 Å². The van der Waals surface area contributed by atoms with Gasteiger partial charge in [0.1, 0.15) is 0 Å². The summed E-state index contributed by atoms with van der Waals surface area (Å²) in [5, 5.41) is 6.47. The molecule has 1 atom stereocenters. The number of hydrogen-bond donors (Lipinski definition) is 1. The highest BCUT2D eigenvalue weighted by Gasteiger charge is 2.19. The molecule has 1 unspecified atom stereocenters. The number of nitrogens with zero attached hydrogens (tertiary/aromatic N) is 3. The van der Waals surface area contributed by atoms with Gasteiger partial charge < -0.3 is 5.73 Å². The maximum absolute atomic E-state index is 6.04. The Morgan fingerprint density at radius 2 is 2.19 bits per heavy atom. The molecule has 0 amide bonds. The first-order valence-corrected chi connectivity index (χ1v) is 7.46. The van der Waals surface area contributed by atoms with E-state index in [9.17, 15) is 0 Å². The SMILES string of the molecule is NC1CCc2nn(-c3ccnc4cc(Cl)ccc34)cc2C1. The van der Waals surface area contributed by atoms with Gasteiger partial charge >= 0.3 is 0 Å². The molecule has 2 heterocycles. The molecule has 0 aliphatic heterocycles. The van der Waals surface area contributed by atoms with Crippen LogP contribution in [0, 0.1) is 0 Å². The number of hydrogen-bond acceptors (Lipinski definition) is 3. The van der Waals surface area contributed by atoms with Gasteiger partial charge in [0.15, 0.2) is 0 Å². The standard InChI is InChI=1S/C16H15ClN4/c17-11-1-3-13-15(8-11)19-6-5-16(13)21-9-10-7-12(18)2-4-14(10)20-21/h1,3,5-6,8-9,12H,2,4,7,18H2. The first kappa shape index (κ1) is 12.8. The van der Waals surface area contributed by atoms with Crippen LogP contribution in [0.5, 0.6) is 0 Å². The van der Waals surface area contributed by atoms with Crippen molar-refractivity contribution in [2.24, 2.45) is 5.73 Å². The second-order valence-corrected chi connectivity index (χ2v) is 5.98. The zero-order valence-electron chi connectivity index (χ0n) is 11.5. The van der Waals surface area contributed by atoms with E-state index in [1.54, 1.807) is 6.20 Å². The summed E-state index contributed by atoms with van der Waals surface area (Å²) in [6, 6.07) is 7.98. The molecule has 5 heteroatoms. The molecular formula is C16H15ClN4. The number of pyridine rings is 1. The van der Waals surface area contributed by atoms with Gasteiger partial charge in [0.2, 0.25) is 0 Å². The molecule has 0 saturated carbocycles. The van der Waals surface area contributed by atoms with Crippen molar-refractivity contribution in [1.29, 1.82) is 0 Å². The molecule has 0 spiro atoms. The van der Waals surface area contributed by atoms with Gasteiger partial charge in [0.05, 0.1) is 16.9 Å². The molecule has 4 rings (SSSR count). The Hall–Kier alpha value is -1.91. The lowest BCUT2D eigenvalue weighted by Gasteiger charge is -2.15.